The van der Waals surface area contributed by atoms with E-state index in [-0.39, 0.29) is 11.1 Å². The maximum atomic E-state index is 11.2. The minimum absolute atomic E-state index is 0.298. The average molecular weight is 389 g/mol. The number of allylic oxidation sites excluding steroid dienone is 1. The number of hydrogen-bond donors (Lipinski definition) is 1. The van der Waals surface area contributed by atoms with Gasteiger partial charge in [-0.05, 0) is 71.5 Å². The van der Waals surface area contributed by atoms with Crippen LogP contribution in [0.25, 0.3) is 0 Å². The zero-order chi connectivity index (χ0) is 13.7. The fourth-order valence-electron chi connectivity index (χ4n) is 1.50. The summed E-state index contributed by atoms with van der Waals surface area (Å²) >= 11 is 3.19. The standard InChI is InChI=1S/C13H12INO3S/c14-9-4-6-10(7-5-9)18-8-2-1-3-11-12(16)15-13(17)19-11/h3-7H,1-2,8H2,(H,15,16,17). The Hall–Kier alpha value is -1.02. The lowest BCUT2D eigenvalue weighted by atomic mass is 10.3. The second kappa shape index (κ2) is 6.95. The summed E-state index contributed by atoms with van der Waals surface area (Å²) in [6.45, 7) is 0.588. The highest BCUT2D eigenvalue weighted by molar-refractivity contribution is 14.1. The third-order valence-electron chi connectivity index (χ3n) is 2.40. The summed E-state index contributed by atoms with van der Waals surface area (Å²) in [6, 6.07) is 7.84. The van der Waals surface area contributed by atoms with Crippen LogP contribution in [0.3, 0.4) is 0 Å². The Labute approximate surface area is 129 Å². The molecule has 0 radical (unpaired) electrons. The molecule has 0 aliphatic carbocycles. The van der Waals surface area contributed by atoms with Crippen molar-refractivity contribution in [2.75, 3.05) is 6.61 Å². The van der Waals surface area contributed by atoms with Crippen molar-refractivity contribution in [1.29, 1.82) is 0 Å². The molecule has 0 saturated carbocycles. The molecule has 1 aromatic rings. The molecule has 100 valence electrons. The van der Waals surface area contributed by atoms with Crippen LogP contribution in [-0.2, 0) is 4.79 Å². The van der Waals surface area contributed by atoms with Crippen LogP contribution in [0.5, 0.6) is 5.75 Å². The molecule has 0 bridgehead atoms. The van der Waals surface area contributed by atoms with Crippen molar-refractivity contribution in [2.24, 2.45) is 0 Å². The number of halogens is 1. The molecule has 2 rings (SSSR count). The highest BCUT2D eigenvalue weighted by Crippen LogP contribution is 2.23. The molecule has 0 atom stereocenters. The van der Waals surface area contributed by atoms with Gasteiger partial charge >= 0.3 is 0 Å². The van der Waals surface area contributed by atoms with Crippen molar-refractivity contribution in [2.45, 2.75) is 12.8 Å². The van der Waals surface area contributed by atoms with Crippen LogP contribution in [0.1, 0.15) is 12.8 Å². The molecule has 1 aliphatic heterocycles. The van der Waals surface area contributed by atoms with E-state index in [2.05, 4.69) is 27.9 Å². The Balaban J connectivity index is 1.70. The number of rotatable bonds is 5. The summed E-state index contributed by atoms with van der Waals surface area (Å²) in [5.74, 6) is 0.546. The Morgan fingerprint density at radius 2 is 2.00 bits per heavy atom. The fraction of sp³-hybridized carbons (Fsp3) is 0.231. The number of nitrogens with one attached hydrogen (secondary N) is 1. The lowest BCUT2D eigenvalue weighted by Gasteiger charge is -2.04. The van der Waals surface area contributed by atoms with Crippen LogP contribution in [0, 0.1) is 3.57 Å². The first-order valence-electron chi connectivity index (χ1n) is 5.77. The molecule has 0 spiro atoms. The second-order valence-electron chi connectivity index (χ2n) is 3.86. The van der Waals surface area contributed by atoms with Gasteiger partial charge in [0.1, 0.15) is 5.75 Å². The van der Waals surface area contributed by atoms with Crippen LogP contribution in [-0.4, -0.2) is 17.8 Å². The summed E-state index contributed by atoms with van der Waals surface area (Å²) in [4.78, 5) is 22.7. The van der Waals surface area contributed by atoms with E-state index in [1.54, 1.807) is 6.08 Å². The number of thioether (sulfide) groups is 1. The maximum absolute atomic E-state index is 11.2. The van der Waals surface area contributed by atoms with Gasteiger partial charge in [0, 0.05) is 3.57 Å². The molecule has 0 aromatic heterocycles. The van der Waals surface area contributed by atoms with E-state index in [1.807, 2.05) is 24.3 Å². The molecule has 2 amide bonds. The maximum Gasteiger partial charge on any atom is 0.290 e. The van der Waals surface area contributed by atoms with Crippen LogP contribution in [0.2, 0.25) is 0 Å². The van der Waals surface area contributed by atoms with Gasteiger partial charge in [0.15, 0.2) is 0 Å². The molecule has 0 unspecified atom stereocenters. The van der Waals surface area contributed by atoms with Crippen molar-refractivity contribution >= 4 is 45.5 Å². The van der Waals surface area contributed by atoms with Crippen molar-refractivity contribution < 1.29 is 14.3 Å². The monoisotopic (exact) mass is 389 g/mol. The van der Waals surface area contributed by atoms with E-state index in [1.165, 1.54) is 3.57 Å². The average Bonchev–Trinajstić information content (AvgIpc) is 2.70. The smallest absolute Gasteiger partial charge is 0.290 e. The van der Waals surface area contributed by atoms with E-state index >= 15 is 0 Å². The van der Waals surface area contributed by atoms with Crippen molar-refractivity contribution in [3.05, 3.63) is 38.8 Å². The number of imide groups is 1. The largest absolute Gasteiger partial charge is 0.494 e. The summed E-state index contributed by atoms with van der Waals surface area (Å²) in [5, 5.41) is 1.92. The summed E-state index contributed by atoms with van der Waals surface area (Å²) < 4.78 is 6.74. The first kappa shape index (κ1) is 14.4. The van der Waals surface area contributed by atoms with Gasteiger partial charge in [-0.1, -0.05) is 6.08 Å². The van der Waals surface area contributed by atoms with Gasteiger partial charge in [-0.15, -0.1) is 0 Å². The minimum Gasteiger partial charge on any atom is -0.494 e. The molecule has 1 aliphatic rings. The van der Waals surface area contributed by atoms with Crippen molar-refractivity contribution in [3.8, 4) is 5.75 Å². The van der Waals surface area contributed by atoms with Gasteiger partial charge in [-0.25, -0.2) is 0 Å². The zero-order valence-electron chi connectivity index (χ0n) is 10.0. The number of amides is 2. The van der Waals surface area contributed by atoms with Crippen molar-refractivity contribution in [1.82, 2.24) is 5.32 Å². The number of hydrogen-bond acceptors (Lipinski definition) is 4. The Bertz CT molecular complexity index is 513. The fourth-order valence-corrected chi connectivity index (χ4v) is 2.55. The molecule has 1 heterocycles. The number of benzene rings is 1. The summed E-state index contributed by atoms with van der Waals surface area (Å²) in [7, 11) is 0. The number of carbonyl (C=O) groups excluding carboxylic acids is 2. The normalized spacial score (nSPS) is 16.8. The van der Waals surface area contributed by atoms with Gasteiger partial charge in [-0.3, -0.25) is 14.9 Å². The van der Waals surface area contributed by atoms with Crippen molar-refractivity contribution in [3.63, 3.8) is 0 Å². The predicted molar refractivity (Wildman–Crippen MR) is 83.1 cm³/mol. The quantitative estimate of drug-likeness (QED) is 0.477. The van der Waals surface area contributed by atoms with Gasteiger partial charge in [0.2, 0.25) is 0 Å². The Morgan fingerprint density at radius 3 is 2.63 bits per heavy atom. The number of unbranched alkanes of at least 4 members (excludes halogenated alkanes) is 1. The SMILES string of the molecule is O=C1NC(=O)C(=CCCCOc2ccc(I)cc2)S1. The highest BCUT2D eigenvalue weighted by Gasteiger charge is 2.24. The third kappa shape index (κ3) is 4.54. The summed E-state index contributed by atoms with van der Waals surface area (Å²) in [6.07, 6.45) is 3.30. The Morgan fingerprint density at radius 1 is 1.26 bits per heavy atom. The number of carbonyl (C=O) groups is 2. The molecule has 1 N–H and O–H groups in total. The zero-order valence-corrected chi connectivity index (χ0v) is 13.0. The lowest BCUT2D eigenvalue weighted by molar-refractivity contribution is -0.115. The van der Waals surface area contributed by atoms with E-state index in [0.29, 0.717) is 17.9 Å². The molecular weight excluding hydrogens is 377 g/mol. The number of ether oxygens (including phenoxy) is 1. The molecule has 1 fully saturated rings. The van der Waals surface area contributed by atoms with Gasteiger partial charge in [-0.2, -0.15) is 0 Å². The molecular formula is C13H12INO3S. The van der Waals surface area contributed by atoms with E-state index in [9.17, 15) is 9.59 Å². The Kier molecular flexibility index (Phi) is 5.26. The van der Waals surface area contributed by atoms with Gasteiger partial charge in [0.05, 0.1) is 11.5 Å². The van der Waals surface area contributed by atoms with Crippen LogP contribution in [0.4, 0.5) is 4.79 Å². The topological polar surface area (TPSA) is 55.4 Å². The lowest BCUT2D eigenvalue weighted by Crippen LogP contribution is -2.17. The molecule has 1 aromatic carbocycles. The summed E-state index contributed by atoms with van der Waals surface area (Å²) in [5.41, 5.74) is 0. The van der Waals surface area contributed by atoms with Crippen LogP contribution < -0.4 is 10.1 Å². The first-order chi connectivity index (χ1) is 9.15. The van der Waals surface area contributed by atoms with Gasteiger partial charge in [0.25, 0.3) is 11.1 Å². The van der Waals surface area contributed by atoms with Crippen LogP contribution >= 0.6 is 34.4 Å². The van der Waals surface area contributed by atoms with E-state index in [4.69, 9.17) is 4.74 Å². The highest BCUT2D eigenvalue weighted by atomic mass is 127. The second-order valence-corrected chi connectivity index (χ2v) is 6.12. The van der Waals surface area contributed by atoms with Crippen LogP contribution in [0.15, 0.2) is 35.2 Å². The predicted octanol–water partition coefficient (Wildman–Crippen LogP) is 3.32. The molecule has 19 heavy (non-hydrogen) atoms. The molecule has 1 saturated heterocycles. The van der Waals surface area contributed by atoms with E-state index < -0.39 is 0 Å². The third-order valence-corrected chi connectivity index (χ3v) is 3.98. The molecule has 6 heteroatoms. The van der Waals surface area contributed by atoms with Gasteiger partial charge < -0.3 is 4.74 Å². The van der Waals surface area contributed by atoms with E-state index in [0.717, 1.165) is 23.9 Å². The molecule has 4 nitrogen and oxygen atoms in total. The minimum atomic E-state index is -0.300. The first-order valence-corrected chi connectivity index (χ1v) is 7.66.